The molecule has 1 unspecified atom stereocenters. The fourth-order valence-electron chi connectivity index (χ4n) is 5.10. The standard InChI is InChI=1S/C24H35N3O4/c1-15(2)4-9-19-23(3,31-19)21-20(28)18(10-12-24(21)14-30-24)27-22(29)26-13-11-16-5-7-17(25)8-6-16/h4-8,18-21,28H,9-14,25H2,1-3H3,(H2,26,27,29)/t18-,19-,20-,21-,23?,24+/m1/s1. The lowest BCUT2D eigenvalue weighted by molar-refractivity contribution is -0.0424. The minimum Gasteiger partial charge on any atom is -0.399 e. The van der Waals surface area contributed by atoms with Crippen LogP contribution < -0.4 is 16.4 Å². The van der Waals surface area contributed by atoms with Gasteiger partial charge in [-0.25, -0.2) is 4.79 Å². The second-order valence-corrected chi connectivity index (χ2v) is 9.67. The molecular formula is C24H35N3O4. The summed E-state index contributed by atoms with van der Waals surface area (Å²) in [6.07, 6.45) is 4.62. The highest BCUT2D eigenvalue weighted by molar-refractivity contribution is 5.74. The summed E-state index contributed by atoms with van der Waals surface area (Å²) in [4.78, 5) is 12.5. The zero-order valence-electron chi connectivity index (χ0n) is 18.7. The minimum absolute atomic E-state index is 0.0793. The largest absolute Gasteiger partial charge is 0.399 e. The van der Waals surface area contributed by atoms with Crippen LogP contribution in [0.4, 0.5) is 10.5 Å². The molecule has 0 aromatic heterocycles. The third-order valence-electron chi connectivity index (χ3n) is 7.05. The molecule has 1 saturated carbocycles. The van der Waals surface area contributed by atoms with Crippen LogP contribution >= 0.6 is 0 Å². The maximum Gasteiger partial charge on any atom is 0.315 e. The lowest BCUT2D eigenvalue weighted by atomic mass is 9.67. The third kappa shape index (κ3) is 4.73. The van der Waals surface area contributed by atoms with Crippen molar-refractivity contribution in [3.63, 3.8) is 0 Å². The van der Waals surface area contributed by atoms with Crippen molar-refractivity contribution in [2.24, 2.45) is 5.92 Å². The summed E-state index contributed by atoms with van der Waals surface area (Å²) in [7, 11) is 0. The first-order chi connectivity index (χ1) is 14.7. The topological polar surface area (TPSA) is 112 Å². The second-order valence-electron chi connectivity index (χ2n) is 9.67. The Morgan fingerprint density at radius 1 is 1.32 bits per heavy atom. The number of hydrogen-bond acceptors (Lipinski definition) is 5. The van der Waals surface area contributed by atoms with Gasteiger partial charge in [-0.1, -0.05) is 23.8 Å². The number of nitrogens with two attached hydrogens (primary N) is 1. The molecule has 7 heteroatoms. The number of anilines is 1. The van der Waals surface area contributed by atoms with Crippen LogP contribution in [0.3, 0.4) is 0 Å². The van der Waals surface area contributed by atoms with Gasteiger partial charge in [0.25, 0.3) is 0 Å². The predicted molar refractivity (Wildman–Crippen MR) is 120 cm³/mol. The Hall–Kier alpha value is -2.09. The second kappa shape index (κ2) is 8.45. The molecule has 3 aliphatic rings. The fourth-order valence-corrected chi connectivity index (χ4v) is 5.10. The highest BCUT2D eigenvalue weighted by Gasteiger charge is 2.71. The summed E-state index contributed by atoms with van der Waals surface area (Å²) in [6, 6.07) is 7.06. The van der Waals surface area contributed by atoms with Crippen molar-refractivity contribution in [1.82, 2.24) is 10.6 Å². The van der Waals surface area contributed by atoms with E-state index in [4.69, 9.17) is 15.2 Å². The monoisotopic (exact) mass is 429 g/mol. The fraction of sp³-hybridized carbons (Fsp3) is 0.625. The van der Waals surface area contributed by atoms with Crippen molar-refractivity contribution in [2.45, 2.75) is 75.9 Å². The van der Waals surface area contributed by atoms with Crippen LogP contribution in [0, 0.1) is 5.92 Å². The van der Waals surface area contributed by atoms with Crippen LogP contribution in [-0.2, 0) is 15.9 Å². The maximum atomic E-state index is 12.5. The average molecular weight is 430 g/mol. The number of epoxide rings is 2. The minimum atomic E-state index is -0.708. The number of urea groups is 1. The summed E-state index contributed by atoms with van der Waals surface area (Å²) in [5, 5.41) is 17.1. The smallest absolute Gasteiger partial charge is 0.315 e. The molecule has 4 rings (SSSR count). The van der Waals surface area contributed by atoms with Gasteiger partial charge in [-0.15, -0.1) is 0 Å². The van der Waals surface area contributed by atoms with Crippen molar-refractivity contribution in [2.75, 3.05) is 18.9 Å². The number of rotatable bonds is 7. The summed E-state index contributed by atoms with van der Waals surface area (Å²) >= 11 is 0. The molecule has 1 aliphatic carbocycles. The van der Waals surface area contributed by atoms with Gasteiger partial charge in [0.15, 0.2) is 0 Å². The third-order valence-corrected chi connectivity index (χ3v) is 7.05. The summed E-state index contributed by atoms with van der Waals surface area (Å²) in [6.45, 7) is 7.39. The number of carbonyl (C=O) groups is 1. The van der Waals surface area contributed by atoms with Gasteiger partial charge in [0.05, 0.1) is 30.5 Å². The number of allylic oxidation sites excluding steroid dienone is 1. The Labute approximate surface area is 184 Å². The van der Waals surface area contributed by atoms with Gasteiger partial charge in [0, 0.05) is 18.2 Å². The highest BCUT2D eigenvalue weighted by Crippen LogP contribution is 2.58. The Kier molecular flexibility index (Phi) is 6.03. The van der Waals surface area contributed by atoms with Crippen molar-refractivity contribution < 1.29 is 19.4 Å². The number of aliphatic hydroxyl groups is 1. The lowest BCUT2D eigenvalue weighted by Crippen LogP contribution is -2.59. The molecule has 5 N–H and O–H groups in total. The van der Waals surface area contributed by atoms with E-state index in [1.807, 2.05) is 24.3 Å². The van der Waals surface area contributed by atoms with E-state index < -0.39 is 11.7 Å². The summed E-state index contributed by atoms with van der Waals surface area (Å²) in [5.74, 6) is -0.149. The first-order valence-electron chi connectivity index (χ1n) is 11.3. The molecule has 6 atom stereocenters. The van der Waals surface area contributed by atoms with E-state index >= 15 is 0 Å². The molecule has 3 fully saturated rings. The van der Waals surface area contributed by atoms with E-state index in [1.165, 1.54) is 5.57 Å². The van der Waals surface area contributed by atoms with Crippen LogP contribution in [0.25, 0.3) is 0 Å². The molecule has 1 spiro atoms. The number of benzene rings is 1. The Bertz CT molecular complexity index is 832. The predicted octanol–water partition coefficient (Wildman–Crippen LogP) is 2.53. The SMILES string of the molecule is CC(C)=CC[C@H]1OC1(C)[C@H]1[C@H](O)[C@H](NC(=O)NCCc2ccc(N)cc2)CC[C@]12CO2. The molecule has 1 aromatic rings. The molecule has 1 aromatic carbocycles. The van der Waals surface area contributed by atoms with E-state index in [1.54, 1.807) is 0 Å². The zero-order valence-corrected chi connectivity index (χ0v) is 18.7. The Balaban J connectivity index is 1.32. The number of amides is 2. The average Bonchev–Trinajstić information content (AvgIpc) is 3.62. The molecule has 0 radical (unpaired) electrons. The van der Waals surface area contributed by atoms with Crippen LogP contribution in [0.5, 0.6) is 0 Å². The Morgan fingerprint density at radius 2 is 2.03 bits per heavy atom. The number of ether oxygens (including phenoxy) is 2. The number of carbonyl (C=O) groups excluding carboxylic acids is 1. The van der Waals surface area contributed by atoms with Crippen molar-refractivity contribution >= 4 is 11.7 Å². The van der Waals surface area contributed by atoms with E-state index in [2.05, 4.69) is 37.5 Å². The van der Waals surface area contributed by atoms with Crippen LogP contribution in [0.2, 0.25) is 0 Å². The maximum absolute atomic E-state index is 12.5. The highest BCUT2D eigenvalue weighted by atomic mass is 16.6. The first-order valence-corrected chi connectivity index (χ1v) is 11.3. The van der Waals surface area contributed by atoms with Gasteiger partial charge in [0.2, 0.25) is 0 Å². The van der Waals surface area contributed by atoms with E-state index in [9.17, 15) is 9.90 Å². The van der Waals surface area contributed by atoms with Gasteiger partial charge < -0.3 is 30.9 Å². The molecule has 2 aliphatic heterocycles. The van der Waals surface area contributed by atoms with E-state index in [0.29, 0.717) is 19.6 Å². The van der Waals surface area contributed by atoms with Gasteiger partial charge in [-0.05, 0) is 64.2 Å². The zero-order chi connectivity index (χ0) is 22.2. The van der Waals surface area contributed by atoms with Crippen molar-refractivity contribution in [3.05, 3.63) is 41.5 Å². The molecule has 7 nitrogen and oxygen atoms in total. The molecule has 170 valence electrons. The van der Waals surface area contributed by atoms with Gasteiger partial charge in [0.1, 0.15) is 5.60 Å². The summed E-state index contributed by atoms with van der Waals surface area (Å²) in [5.41, 5.74) is 8.07. The molecule has 2 amide bonds. The van der Waals surface area contributed by atoms with Gasteiger partial charge in [-0.3, -0.25) is 0 Å². The number of nitrogens with one attached hydrogen (secondary N) is 2. The number of aliphatic hydroxyl groups excluding tert-OH is 1. The molecule has 0 bridgehead atoms. The van der Waals surface area contributed by atoms with E-state index in [0.717, 1.165) is 30.5 Å². The normalized spacial score (nSPS) is 36.0. The molecule has 2 heterocycles. The van der Waals surface area contributed by atoms with Gasteiger partial charge >= 0.3 is 6.03 Å². The van der Waals surface area contributed by atoms with Crippen LogP contribution in [0.1, 0.15) is 45.6 Å². The van der Waals surface area contributed by atoms with Crippen molar-refractivity contribution in [3.8, 4) is 0 Å². The quantitative estimate of drug-likeness (QED) is 0.302. The molecule has 2 saturated heterocycles. The lowest BCUT2D eigenvalue weighted by Gasteiger charge is -2.41. The Morgan fingerprint density at radius 3 is 2.68 bits per heavy atom. The molecule has 31 heavy (non-hydrogen) atoms. The van der Waals surface area contributed by atoms with Crippen LogP contribution in [-0.4, -0.2) is 53.7 Å². The first kappa shape index (κ1) is 22.1. The van der Waals surface area contributed by atoms with Gasteiger partial charge in [-0.2, -0.15) is 0 Å². The number of hydrogen-bond donors (Lipinski definition) is 4. The number of nitrogen functional groups attached to an aromatic ring is 1. The molecular weight excluding hydrogens is 394 g/mol. The summed E-state index contributed by atoms with van der Waals surface area (Å²) < 4.78 is 11.9. The van der Waals surface area contributed by atoms with Crippen molar-refractivity contribution in [1.29, 1.82) is 0 Å². The van der Waals surface area contributed by atoms with Crippen LogP contribution in [0.15, 0.2) is 35.9 Å². The van der Waals surface area contributed by atoms with E-state index in [-0.39, 0.29) is 29.7 Å².